The molecule has 1 aliphatic rings. The van der Waals surface area contributed by atoms with Crippen molar-refractivity contribution in [1.82, 2.24) is 14.9 Å². The van der Waals surface area contributed by atoms with Gasteiger partial charge >= 0.3 is 0 Å². The molecule has 168 valence electrons. The third kappa shape index (κ3) is 4.37. The van der Waals surface area contributed by atoms with Gasteiger partial charge in [0.05, 0.1) is 17.7 Å². The molecule has 1 N–H and O–H groups in total. The third-order valence-electron chi connectivity index (χ3n) is 5.46. The summed E-state index contributed by atoms with van der Waals surface area (Å²) in [6, 6.07) is 8.41. The van der Waals surface area contributed by atoms with Crippen molar-refractivity contribution in [3.8, 4) is 27.6 Å². The highest BCUT2D eigenvalue weighted by atomic mass is 32.1. The van der Waals surface area contributed by atoms with Crippen LogP contribution in [-0.4, -0.2) is 29.1 Å². The van der Waals surface area contributed by atoms with Crippen LogP contribution in [0.5, 0.6) is 5.75 Å². The first kappa shape index (κ1) is 22.3. The van der Waals surface area contributed by atoms with Gasteiger partial charge in [0, 0.05) is 24.2 Å². The molecule has 0 atom stereocenters. The van der Waals surface area contributed by atoms with Gasteiger partial charge < -0.3 is 14.6 Å². The van der Waals surface area contributed by atoms with E-state index in [4.69, 9.17) is 9.72 Å². The zero-order chi connectivity index (χ0) is 23.0. The Hall–Kier alpha value is -2.86. The zero-order valence-electron chi connectivity index (χ0n) is 19.7. The summed E-state index contributed by atoms with van der Waals surface area (Å²) in [5.74, 6) is 1.24. The first-order chi connectivity index (χ1) is 15.2. The fourth-order valence-electron chi connectivity index (χ4n) is 4.03. The van der Waals surface area contributed by atoms with Crippen LogP contribution in [0.15, 0.2) is 35.2 Å². The van der Waals surface area contributed by atoms with E-state index in [0.29, 0.717) is 18.9 Å². The molecule has 0 saturated heterocycles. The van der Waals surface area contributed by atoms with Gasteiger partial charge in [-0.1, -0.05) is 38.5 Å². The topological polar surface area (TPSA) is 56.1 Å². The second-order valence-electron chi connectivity index (χ2n) is 9.73. The van der Waals surface area contributed by atoms with E-state index in [9.17, 15) is 4.79 Å². The lowest BCUT2D eigenvalue weighted by molar-refractivity contribution is 0.0924. The van der Waals surface area contributed by atoms with Crippen molar-refractivity contribution in [2.75, 3.05) is 13.7 Å². The molecule has 0 spiro atoms. The summed E-state index contributed by atoms with van der Waals surface area (Å²) < 4.78 is 7.77. The van der Waals surface area contributed by atoms with Crippen LogP contribution in [0.4, 0.5) is 0 Å². The Morgan fingerprint density at radius 3 is 2.72 bits per heavy atom. The van der Waals surface area contributed by atoms with Crippen LogP contribution >= 0.6 is 11.3 Å². The third-order valence-corrected chi connectivity index (χ3v) is 6.34. The molecular formula is C26H31N3O2S. The highest BCUT2D eigenvalue weighted by Gasteiger charge is 2.29. The quantitative estimate of drug-likeness (QED) is 0.516. The van der Waals surface area contributed by atoms with Crippen molar-refractivity contribution in [2.45, 2.75) is 47.6 Å². The SMILES string of the molecule is COc1cc2c(cc1C=C(C)C)-c1c(-c3cccs3)nc(C(=O)NCC(C)(C)C)n1CC2. The number of methoxy groups -OCH3 is 1. The van der Waals surface area contributed by atoms with Crippen molar-refractivity contribution in [3.05, 3.63) is 52.2 Å². The van der Waals surface area contributed by atoms with Crippen molar-refractivity contribution >= 4 is 23.3 Å². The molecule has 2 aromatic heterocycles. The Morgan fingerprint density at radius 1 is 1.31 bits per heavy atom. The number of thiophene rings is 1. The number of carbonyl (C=O) groups excluding carboxylic acids is 1. The van der Waals surface area contributed by atoms with E-state index in [1.54, 1.807) is 18.4 Å². The number of fused-ring (bicyclic) bond motifs is 3. The average Bonchev–Trinajstić information content (AvgIpc) is 3.38. The van der Waals surface area contributed by atoms with E-state index in [0.717, 1.165) is 39.6 Å². The first-order valence-electron chi connectivity index (χ1n) is 11.0. The molecule has 0 unspecified atom stereocenters. The van der Waals surface area contributed by atoms with Gasteiger partial charge in [0.1, 0.15) is 11.4 Å². The highest BCUT2D eigenvalue weighted by Crippen LogP contribution is 2.42. The predicted molar refractivity (Wildman–Crippen MR) is 132 cm³/mol. The lowest BCUT2D eigenvalue weighted by Crippen LogP contribution is -2.34. The first-order valence-corrected chi connectivity index (χ1v) is 11.8. The maximum absolute atomic E-state index is 13.2. The number of imidazole rings is 1. The highest BCUT2D eigenvalue weighted by molar-refractivity contribution is 7.13. The molecule has 4 rings (SSSR count). The summed E-state index contributed by atoms with van der Waals surface area (Å²) in [6.45, 7) is 11.8. The Labute approximate surface area is 194 Å². The molecule has 3 heterocycles. The van der Waals surface area contributed by atoms with E-state index >= 15 is 0 Å². The van der Waals surface area contributed by atoms with Crippen LogP contribution in [0.25, 0.3) is 27.9 Å². The number of benzene rings is 1. The summed E-state index contributed by atoms with van der Waals surface area (Å²) >= 11 is 1.64. The summed E-state index contributed by atoms with van der Waals surface area (Å²) in [5, 5.41) is 5.13. The van der Waals surface area contributed by atoms with Crippen LogP contribution in [0.1, 0.15) is 56.4 Å². The van der Waals surface area contributed by atoms with Gasteiger partial charge in [0.25, 0.3) is 5.91 Å². The number of hydrogen-bond donors (Lipinski definition) is 1. The largest absolute Gasteiger partial charge is 0.496 e. The number of nitrogens with zero attached hydrogens (tertiary/aromatic N) is 2. The van der Waals surface area contributed by atoms with E-state index in [1.165, 1.54) is 11.1 Å². The van der Waals surface area contributed by atoms with Crippen molar-refractivity contribution in [1.29, 1.82) is 0 Å². The fourth-order valence-corrected chi connectivity index (χ4v) is 4.74. The Balaban J connectivity index is 1.89. The number of carbonyl (C=O) groups is 1. The molecule has 5 nitrogen and oxygen atoms in total. The van der Waals surface area contributed by atoms with E-state index in [2.05, 4.69) is 68.8 Å². The summed E-state index contributed by atoms with van der Waals surface area (Å²) in [7, 11) is 1.71. The second kappa shape index (κ2) is 8.58. The normalized spacial score (nSPS) is 12.7. The monoisotopic (exact) mass is 449 g/mol. The van der Waals surface area contributed by atoms with Crippen LogP contribution < -0.4 is 10.1 Å². The molecular weight excluding hydrogens is 418 g/mol. The molecule has 0 bridgehead atoms. The van der Waals surface area contributed by atoms with Crippen LogP contribution in [0, 0.1) is 5.41 Å². The van der Waals surface area contributed by atoms with Gasteiger partial charge in [-0.25, -0.2) is 4.98 Å². The molecule has 1 aromatic carbocycles. The maximum atomic E-state index is 13.2. The van der Waals surface area contributed by atoms with Gasteiger partial charge in [-0.3, -0.25) is 4.79 Å². The standard InChI is InChI=1S/C26H31N3O2S/c1-16(2)12-18-13-19-17(14-20(18)31-6)9-10-29-23(19)22(21-8-7-11-32-21)28-24(29)25(30)27-15-26(3,4)5/h7-8,11-14H,9-10,15H2,1-6H3,(H,27,30). The zero-order valence-corrected chi connectivity index (χ0v) is 20.5. The van der Waals surface area contributed by atoms with Crippen LogP contribution in [0.3, 0.4) is 0 Å². The molecule has 3 aromatic rings. The van der Waals surface area contributed by atoms with Gasteiger partial charge in [0.15, 0.2) is 5.82 Å². The molecule has 1 aliphatic heterocycles. The number of aryl methyl sites for hydroxylation is 1. The van der Waals surface area contributed by atoms with Crippen molar-refractivity contribution in [3.63, 3.8) is 0 Å². The lowest BCUT2D eigenvalue weighted by atomic mass is 9.93. The molecule has 0 saturated carbocycles. The summed E-state index contributed by atoms with van der Waals surface area (Å²) in [6.07, 6.45) is 2.96. The Morgan fingerprint density at radius 2 is 2.09 bits per heavy atom. The Kier molecular flexibility index (Phi) is 5.99. The maximum Gasteiger partial charge on any atom is 0.287 e. The summed E-state index contributed by atoms with van der Waals surface area (Å²) in [4.78, 5) is 19.1. The van der Waals surface area contributed by atoms with Crippen molar-refractivity contribution in [2.24, 2.45) is 5.41 Å². The predicted octanol–water partition coefficient (Wildman–Crippen LogP) is 6.04. The van der Waals surface area contributed by atoms with Crippen molar-refractivity contribution < 1.29 is 9.53 Å². The van der Waals surface area contributed by atoms with E-state index < -0.39 is 0 Å². The van der Waals surface area contributed by atoms with Gasteiger partial charge in [-0.2, -0.15) is 0 Å². The van der Waals surface area contributed by atoms with Gasteiger partial charge in [-0.05, 0) is 54.8 Å². The number of rotatable bonds is 5. The lowest BCUT2D eigenvalue weighted by Gasteiger charge is -2.23. The minimum absolute atomic E-state index is 0.00592. The second-order valence-corrected chi connectivity index (χ2v) is 10.7. The number of nitrogens with one attached hydrogen (secondary N) is 1. The fraction of sp³-hybridized carbons (Fsp3) is 0.385. The molecule has 6 heteroatoms. The smallest absolute Gasteiger partial charge is 0.287 e. The summed E-state index contributed by atoms with van der Waals surface area (Å²) in [5.41, 5.74) is 6.47. The number of hydrogen-bond acceptors (Lipinski definition) is 4. The minimum atomic E-state index is -0.120. The van der Waals surface area contributed by atoms with Crippen LogP contribution in [-0.2, 0) is 13.0 Å². The number of allylic oxidation sites excluding steroid dienone is 1. The van der Waals surface area contributed by atoms with Gasteiger partial charge in [0.2, 0.25) is 0 Å². The molecule has 0 radical (unpaired) electrons. The van der Waals surface area contributed by atoms with Crippen LogP contribution in [0.2, 0.25) is 0 Å². The number of ether oxygens (including phenoxy) is 1. The molecule has 0 aliphatic carbocycles. The average molecular weight is 450 g/mol. The van der Waals surface area contributed by atoms with Gasteiger partial charge in [-0.15, -0.1) is 11.3 Å². The van der Waals surface area contributed by atoms with E-state index in [1.807, 2.05) is 11.4 Å². The molecule has 0 fully saturated rings. The number of amides is 1. The van der Waals surface area contributed by atoms with E-state index in [-0.39, 0.29) is 11.3 Å². The Bertz CT molecular complexity index is 1180. The minimum Gasteiger partial charge on any atom is -0.496 e. The molecule has 1 amide bonds. The number of aromatic nitrogens is 2. The molecule has 32 heavy (non-hydrogen) atoms.